The lowest BCUT2D eigenvalue weighted by atomic mass is 10.1. The van der Waals surface area contributed by atoms with Crippen LogP contribution in [0.3, 0.4) is 0 Å². The number of amides is 2. The molecule has 6 N–H and O–H groups in total. The van der Waals surface area contributed by atoms with E-state index in [1.807, 2.05) is 0 Å². The van der Waals surface area contributed by atoms with Crippen molar-refractivity contribution >= 4 is 35.0 Å². The third kappa shape index (κ3) is 7.55. The summed E-state index contributed by atoms with van der Waals surface area (Å²) in [4.78, 5) is 24.5. The summed E-state index contributed by atoms with van der Waals surface area (Å²) in [6.07, 6.45) is -3.45. The molecule has 0 aliphatic rings. The number of hydrazine groups is 1. The molecule has 1 atom stereocenters. The zero-order valence-electron chi connectivity index (χ0n) is 17.4. The zero-order valence-corrected chi connectivity index (χ0v) is 18.9. The lowest BCUT2D eigenvalue weighted by Crippen LogP contribution is -2.38. The summed E-state index contributed by atoms with van der Waals surface area (Å²) in [5, 5.41) is 15.7. The molecule has 0 aliphatic heterocycles. The number of carbonyl (C=O) groups excluding carboxylic acids is 2. The van der Waals surface area contributed by atoms with E-state index in [0.717, 1.165) is 35.5 Å². The van der Waals surface area contributed by atoms with Gasteiger partial charge >= 0.3 is 6.18 Å². The smallest absolute Gasteiger partial charge is 0.393 e. The van der Waals surface area contributed by atoms with E-state index in [0.29, 0.717) is 5.02 Å². The van der Waals surface area contributed by atoms with Crippen molar-refractivity contribution in [2.75, 3.05) is 13.1 Å². The summed E-state index contributed by atoms with van der Waals surface area (Å²) >= 11 is 11.8. The van der Waals surface area contributed by atoms with Crippen LogP contribution < -0.4 is 22.2 Å². The zero-order chi connectivity index (χ0) is 25.5. The van der Waals surface area contributed by atoms with Gasteiger partial charge in [-0.1, -0.05) is 35.3 Å². The van der Waals surface area contributed by atoms with E-state index in [1.54, 1.807) is 6.07 Å². The summed E-state index contributed by atoms with van der Waals surface area (Å²) < 4.78 is 38.0. The summed E-state index contributed by atoms with van der Waals surface area (Å²) in [6, 6.07) is 8.74. The number of nitriles is 1. The predicted molar refractivity (Wildman–Crippen MR) is 120 cm³/mol. The van der Waals surface area contributed by atoms with E-state index in [-0.39, 0.29) is 34.9 Å². The molecule has 2 amide bonds. The van der Waals surface area contributed by atoms with Crippen molar-refractivity contribution in [2.24, 2.45) is 11.6 Å². The minimum Gasteiger partial charge on any atom is -0.393 e. The maximum atomic E-state index is 12.7. The Bertz CT molecular complexity index is 1120. The Balaban J connectivity index is 1.91. The van der Waals surface area contributed by atoms with Gasteiger partial charge in [-0.2, -0.15) is 18.4 Å². The predicted octanol–water partition coefficient (Wildman–Crippen LogP) is 3.10. The van der Waals surface area contributed by atoms with E-state index in [2.05, 4.69) is 10.6 Å². The molecular weight excluding hydrogens is 496 g/mol. The lowest BCUT2D eigenvalue weighted by molar-refractivity contribution is -0.137. The highest BCUT2D eigenvalue weighted by Gasteiger charge is 2.30. The number of hydrogen-bond donors (Lipinski definition) is 4. The first kappa shape index (κ1) is 26.8. The Morgan fingerprint density at radius 2 is 1.82 bits per heavy atom. The van der Waals surface area contributed by atoms with Crippen molar-refractivity contribution in [1.29, 1.82) is 5.26 Å². The standard InChI is InChI=1S/C21H19Cl2F3N6O2/c22-14-5-6-16(23)15(9-14)19(33)30-7-8-32(29)11-17(28)20(34)31-18(10-27)12-1-3-13(4-2-12)21(24,25)26/h1-6,9,11,18H,7-8,28-29H2,(H,30,33)(H,31,34)/b17-11-. The summed E-state index contributed by atoms with van der Waals surface area (Å²) in [5.41, 5.74) is 4.76. The molecule has 0 aromatic heterocycles. The molecule has 2 aromatic carbocycles. The second kappa shape index (κ2) is 11.6. The summed E-state index contributed by atoms with van der Waals surface area (Å²) in [7, 11) is 0. The van der Waals surface area contributed by atoms with Crippen LogP contribution in [0.15, 0.2) is 54.4 Å². The van der Waals surface area contributed by atoms with Crippen molar-refractivity contribution in [3.05, 3.63) is 81.1 Å². The van der Waals surface area contributed by atoms with Crippen molar-refractivity contribution in [3.63, 3.8) is 0 Å². The first-order chi connectivity index (χ1) is 15.9. The fraction of sp³-hybridized carbons (Fsp3) is 0.190. The molecule has 0 saturated carbocycles. The number of carbonyl (C=O) groups is 2. The second-order valence-corrected chi connectivity index (χ2v) is 7.70. The highest BCUT2D eigenvalue weighted by atomic mass is 35.5. The van der Waals surface area contributed by atoms with Gasteiger partial charge in [0.05, 0.1) is 28.8 Å². The van der Waals surface area contributed by atoms with E-state index in [9.17, 15) is 28.0 Å². The number of nitrogens with one attached hydrogen (secondary N) is 2. The normalized spacial score (nSPS) is 12.4. The molecule has 0 bridgehead atoms. The molecule has 0 fully saturated rings. The molecule has 0 radical (unpaired) electrons. The number of rotatable bonds is 8. The van der Waals surface area contributed by atoms with E-state index in [1.165, 1.54) is 18.2 Å². The molecule has 0 heterocycles. The van der Waals surface area contributed by atoms with Crippen molar-refractivity contribution < 1.29 is 22.8 Å². The Morgan fingerprint density at radius 3 is 2.41 bits per heavy atom. The maximum absolute atomic E-state index is 12.7. The lowest BCUT2D eigenvalue weighted by Gasteiger charge is -2.17. The van der Waals surface area contributed by atoms with E-state index in [4.69, 9.17) is 34.8 Å². The van der Waals surface area contributed by atoms with Gasteiger partial charge in [-0.15, -0.1) is 0 Å². The van der Waals surface area contributed by atoms with Gasteiger partial charge in [-0.25, -0.2) is 5.84 Å². The molecule has 180 valence electrons. The van der Waals surface area contributed by atoms with Crippen LogP contribution in [0.1, 0.15) is 27.5 Å². The summed E-state index contributed by atoms with van der Waals surface area (Å²) in [6.45, 7) is 0.119. The Kier molecular flexibility index (Phi) is 9.14. The average Bonchev–Trinajstić information content (AvgIpc) is 2.78. The second-order valence-electron chi connectivity index (χ2n) is 6.86. The number of benzene rings is 2. The molecule has 8 nitrogen and oxygen atoms in total. The van der Waals surface area contributed by atoms with Gasteiger partial charge in [0.25, 0.3) is 11.8 Å². The van der Waals surface area contributed by atoms with Crippen LogP contribution >= 0.6 is 23.2 Å². The Morgan fingerprint density at radius 1 is 1.18 bits per heavy atom. The largest absolute Gasteiger partial charge is 0.416 e. The van der Waals surface area contributed by atoms with Gasteiger partial charge < -0.3 is 21.4 Å². The van der Waals surface area contributed by atoms with E-state index >= 15 is 0 Å². The minimum absolute atomic E-state index is 0.0541. The third-order valence-corrected chi connectivity index (χ3v) is 4.94. The number of hydrogen-bond acceptors (Lipinski definition) is 6. The minimum atomic E-state index is -4.53. The Labute approximate surface area is 202 Å². The van der Waals surface area contributed by atoms with Crippen LogP contribution in [0.25, 0.3) is 0 Å². The topological polar surface area (TPSA) is 137 Å². The van der Waals surface area contributed by atoms with Gasteiger partial charge in [0, 0.05) is 17.8 Å². The first-order valence-corrected chi connectivity index (χ1v) is 10.3. The average molecular weight is 515 g/mol. The molecule has 2 aromatic rings. The van der Waals surface area contributed by atoms with Crippen LogP contribution in [0.5, 0.6) is 0 Å². The monoisotopic (exact) mass is 514 g/mol. The van der Waals surface area contributed by atoms with Crippen molar-refractivity contribution in [3.8, 4) is 6.07 Å². The number of nitrogens with zero attached hydrogens (tertiary/aromatic N) is 2. The van der Waals surface area contributed by atoms with E-state index < -0.39 is 29.6 Å². The molecule has 1 unspecified atom stereocenters. The number of nitrogens with two attached hydrogens (primary N) is 2. The van der Waals surface area contributed by atoms with Crippen LogP contribution in [0, 0.1) is 11.3 Å². The van der Waals surface area contributed by atoms with Crippen molar-refractivity contribution in [2.45, 2.75) is 12.2 Å². The molecule has 0 aliphatic carbocycles. The SMILES string of the molecule is N#CC(NC(=O)/C(N)=C/N(N)CCNC(=O)c1cc(Cl)ccc1Cl)c1ccc(C(F)(F)F)cc1. The van der Waals surface area contributed by atoms with Gasteiger partial charge in [0.1, 0.15) is 11.7 Å². The molecule has 0 saturated heterocycles. The van der Waals surface area contributed by atoms with Gasteiger partial charge in [0.15, 0.2) is 0 Å². The molecule has 13 heteroatoms. The molecule has 0 spiro atoms. The van der Waals surface area contributed by atoms with Gasteiger partial charge in [-0.3, -0.25) is 9.59 Å². The first-order valence-electron chi connectivity index (χ1n) is 9.52. The fourth-order valence-electron chi connectivity index (χ4n) is 2.64. The Hall–Kier alpha value is -3.46. The number of halogens is 5. The van der Waals surface area contributed by atoms with Crippen LogP contribution in [-0.4, -0.2) is 29.9 Å². The quantitative estimate of drug-likeness (QED) is 0.242. The summed E-state index contributed by atoms with van der Waals surface area (Å²) in [5.74, 6) is 4.40. The van der Waals surface area contributed by atoms with Crippen LogP contribution in [0.2, 0.25) is 10.0 Å². The fourth-order valence-corrected chi connectivity index (χ4v) is 3.01. The van der Waals surface area contributed by atoms with Crippen LogP contribution in [0.4, 0.5) is 13.2 Å². The van der Waals surface area contributed by atoms with Gasteiger partial charge in [-0.05, 0) is 35.9 Å². The number of alkyl halides is 3. The van der Waals surface area contributed by atoms with Gasteiger partial charge in [0.2, 0.25) is 0 Å². The molecular formula is C21H19Cl2F3N6O2. The van der Waals surface area contributed by atoms with Crippen LogP contribution in [-0.2, 0) is 11.0 Å². The molecule has 2 rings (SSSR count). The molecule has 34 heavy (non-hydrogen) atoms. The van der Waals surface area contributed by atoms with Crippen molar-refractivity contribution in [1.82, 2.24) is 15.6 Å². The highest BCUT2D eigenvalue weighted by molar-refractivity contribution is 6.35. The maximum Gasteiger partial charge on any atom is 0.416 e. The highest BCUT2D eigenvalue weighted by Crippen LogP contribution is 2.30. The third-order valence-electron chi connectivity index (χ3n) is 4.37.